The van der Waals surface area contributed by atoms with Crippen molar-refractivity contribution in [1.29, 1.82) is 0 Å². The number of aliphatic hydroxyl groups is 7. The molecule has 0 spiro atoms. The van der Waals surface area contributed by atoms with Gasteiger partial charge in [-0.25, -0.2) is 0 Å². The Bertz CT molecular complexity index is 975. The van der Waals surface area contributed by atoms with Crippen molar-refractivity contribution in [2.45, 2.75) is 306 Å². The number of hydrogen-bond acceptors (Lipinski definition) is 10. The SMILES string of the molecule is CCCCCCCCCCCCCCCCCCCCCCCCCCCCCCC(O)C(=O)NC(COC1OC(CO)C(O)C(O)C1O)C(O)C(O)CCCCCCCCC. The summed E-state index contributed by atoms with van der Waals surface area (Å²) in [4.78, 5) is 13.1. The molecule has 1 aliphatic heterocycles. The van der Waals surface area contributed by atoms with Gasteiger partial charge < -0.3 is 50.5 Å². The van der Waals surface area contributed by atoms with Crippen molar-refractivity contribution < 1.29 is 50.0 Å². The summed E-state index contributed by atoms with van der Waals surface area (Å²) in [7, 11) is 0. The molecule has 1 heterocycles. The lowest BCUT2D eigenvalue weighted by Crippen LogP contribution is -2.60. The zero-order valence-corrected chi connectivity index (χ0v) is 40.1. The van der Waals surface area contributed by atoms with E-state index < -0.39 is 74.2 Å². The van der Waals surface area contributed by atoms with Crippen molar-refractivity contribution in [1.82, 2.24) is 5.32 Å². The molecule has 0 saturated carbocycles. The molecule has 1 saturated heterocycles. The highest BCUT2D eigenvalue weighted by molar-refractivity contribution is 5.80. The molecule has 1 fully saturated rings. The monoisotopic (exact) mass is 888 g/mol. The topological polar surface area (TPSA) is 189 Å². The average Bonchev–Trinajstić information content (AvgIpc) is 3.27. The van der Waals surface area contributed by atoms with Crippen LogP contribution >= 0.6 is 0 Å². The minimum absolute atomic E-state index is 0.266. The van der Waals surface area contributed by atoms with Crippen molar-refractivity contribution in [2.24, 2.45) is 0 Å². The lowest BCUT2D eigenvalue weighted by atomic mass is 9.98. The first kappa shape index (κ1) is 59.1. The molecule has 9 unspecified atom stereocenters. The average molecular weight is 888 g/mol. The maximum Gasteiger partial charge on any atom is 0.249 e. The van der Waals surface area contributed by atoms with E-state index in [1.165, 1.54) is 167 Å². The molecule has 8 N–H and O–H groups in total. The number of hydrogen-bond donors (Lipinski definition) is 8. The second-order valence-corrected chi connectivity index (χ2v) is 19.0. The zero-order valence-electron chi connectivity index (χ0n) is 40.1. The Kier molecular flexibility index (Phi) is 39.6. The summed E-state index contributed by atoms with van der Waals surface area (Å²) in [5.41, 5.74) is 0. The smallest absolute Gasteiger partial charge is 0.249 e. The highest BCUT2D eigenvalue weighted by Gasteiger charge is 2.44. The van der Waals surface area contributed by atoms with E-state index in [4.69, 9.17) is 9.47 Å². The third-order valence-electron chi connectivity index (χ3n) is 13.2. The minimum atomic E-state index is -1.65. The van der Waals surface area contributed by atoms with Crippen molar-refractivity contribution in [3.8, 4) is 0 Å². The molecule has 1 rings (SSSR count). The minimum Gasteiger partial charge on any atom is -0.394 e. The van der Waals surface area contributed by atoms with Crippen LogP contribution in [0.25, 0.3) is 0 Å². The molecule has 0 aliphatic carbocycles. The highest BCUT2D eigenvalue weighted by atomic mass is 16.7. The van der Waals surface area contributed by atoms with Gasteiger partial charge in [-0.3, -0.25) is 4.79 Å². The first-order valence-corrected chi connectivity index (χ1v) is 26.4. The molecule has 11 nitrogen and oxygen atoms in total. The molecule has 370 valence electrons. The second kappa shape index (κ2) is 41.5. The summed E-state index contributed by atoms with van der Waals surface area (Å²) < 4.78 is 11.1. The highest BCUT2D eigenvalue weighted by Crippen LogP contribution is 2.23. The van der Waals surface area contributed by atoms with Crippen LogP contribution in [0, 0.1) is 0 Å². The van der Waals surface area contributed by atoms with Crippen LogP contribution in [0.15, 0.2) is 0 Å². The standard InChI is InChI=1S/C51H101NO10/c1-3-5-7-9-11-12-13-14-15-16-17-18-19-20-21-22-23-24-25-26-27-28-29-30-31-33-35-37-39-44(55)50(60)52-42(46(56)43(54)38-36-34-32-10-8-6-4-2)41-61-51-49(59)48(58)47(57)45(40-53)62-51/h42-49,51,53-59H,3-41H2,1-2H3,(H,52,60). The molecular weight excluding hydrogens is 787 g/mol. The van der Waals surface area contributed by atoms with Gasteiger partial charge in [-0.05, 0) is 12.8 Å². The summed E-state index contributed by atoms with van der Waals surface area (Å²) in [6, 6.07) is -1.16. The number of rotatable bonds is 45. The van der Waals surface area contributed by atoms with Crippen LogP contribution in [-0.4, -0.2) is 110 Å². The lowest BCUT2D eigenvalue weighted by Gasteiger charge is -2.40. The van der Waals surface area contributed by atoms with Gasteiger partial charge in [0.2, 0.25) is 5.91 Å². The van der Waals surface area contributed by atoms with E-state index in [0.29, 0.717) is 19.3 Å². The van der Waals surface area contributed by atoms with Crippen molar-refractivity contribution >= 4 is 5.91 Å². The summed E-state index contributed by atoms with van der Waals surface area (Å²) in [6.45, 7) is 3.40. The Morgan fingerprint density at radius 2 is 0.839 bits per heavy atom. The first-order chi connectivity index (χ1) is 30.2. The van der Waals surface area contributed by atoms with Crippen LogP contribution in [0.1, 0.15) is 251 Å². The van der Waals surface area contributed by atoms with Crippen molar-refractivity contribution in [2.75, 3.05) is 13.2 Å². The van der Waals surface area contributed by atoms with E-state index in [0.717, 1.165) is 44.9 Å². The second-order valence-electron chi connectivity index (χ2n) is 19.0. The molecule has 62 heavy (non-hydrogen) atoms. The quantitative estimate of drug-likeness (QED) is 0.0273. The maximum atomic E-state index is 13.1. The Balaban J connectivity index is 2.17. The van der Waals surface area contributed by atoms with E-state index in [2.05, 4.69) is 19.2 Å². The Hall–Kier alpha value is -0.890. The number of ether oxygens (including phenoxy) is 2. The summed E-state index contributed by atoms with van der Waals surface area (Å²) >= 11 is 0. The van der Waals surface area contributed by atoms with Crippen LogP contribution in [0.5, 0.6) is 0 Å². The normalized spacial score (nSPS) is 21.2. The zero-order chi connectivity index (χ0) is 45.5. The van der Waals surface area contributed by atoms with Gasteiger partial charge in [-0.15, -0.1) is 0 Å². The summed E-state index contributed by atoms with van der Waals surface area (Å²) in [5, 5.41) is 75.4. The molecule has 0 bridgehead atoms. The molecule has 0 radical (unpaired) electrons. The molecule has 9 atom stereocenters. The molecule has 0 aromatic carbocycles. The number of carbonyl (C=O) groups excluding carboxylic acids is 1. The number of aliphatic hydroxyl groups excluding tert-OH is 7. The molecule has 11 heteroatoms. The van der Waals surface area contributed by atoms with E-state index in [-0.39, 0.29) is 6.42 Å². The van der Waals surface area contributed by atoms with Gasteiger partial charge in [0.25, 0.3) is 0 Å². The maximum absolute atomic E-state index is 13.1. The fraction of sp³-hybridized carbons (Fsp3) is 0.980. The fourth-order valence-corrected chi connectivity index (χ4v) is 8.80. The number of unbranched alkanes of at least 4 members (excludes halogenated alkanes) is 33. The third-order valence-corrected chi connectivity index (χ3v) is 13.2. The molecule has 0 aromatic heterocycles. The van der Waals surface area contributed by atoms with E-state index in [1.807, 2.05) is 0 Å². The lowest BCUT2D eigenvalue weighted by molar-refractivity contribution is -0.303. The summed E-state index contributed by atoms with van der Waals surface area (Å²) in [6.07, 6.45) is 33.6. The van der Waals surface area contributed by atoms with E-state index >= 15 is 0 Å². The number of carbonyl (C=O) groups is 1. The van der Waals surface area contributed by atoms with Gasteiger partial charge in [0.1, 0.15) is 36.6 Å². The molecule has 1 aliphatic rings. The van der Waals surface area contributed by atoms with E-state index in [9.17, 15) is 40.5 Å². The third kappa shape index (κ3) is 30.3. The van der Waals surface area contributed by atoms with Crippen molar-refractivity contribution in [3.05, 3.63) is 0 Å². The first-order valence-electron chi connectivity index (χ1n) is 26.4. The Morgan fingerprint density at radius 1 is 0.500 bits per heavy atom. The van der Waals surface area contributed by atoms with Crippen molar-refractivity contribution in [3.63, 3.8) is 0 Å². The fourth-order valence-electron chi connectivity index (χ4n) is 8.80. The van der Waals surface area contributed by atoms with Gasteiger partial charge >= 0.3 is 0 Å². The van der Waals surface area contributed by atoms with E-state index in [1.54, 1.807) is 0 Å². The molecule has 1 amide bonds. The van der Waals surface area contributed by atoms with Crippen LogP contribution < -0.4 is 5.32 Å². The Labute approximate surface area is 379 Å². The van der Waals surface area contributed by atoms with Gasteiger partial charge in [-0.1, -0.05) is 239 Å². The van der Waals surface area contributed by atoms with Gasteiger partial charge in [0.15, 0.2) is 6.29 Å². The van der Waals surface area contributed by atoms with Gasteiger partial charge in [0.05, 0.1) is 25.4 Å². The number of nitrogens with one attached hydrogen (secondary N) is 1. The summed E-state index contributed by atoms with van der Waals surface area (Å²) in [5.74, 6) is -0.695. The largest absolute Gasteiger partial charge is 0.394 e. The predicted octanol–water partition coefficient (Wildman–Crippen LogP) is 9.84. The van der Waals surface area contributed by atoms with Crippen LogP contribution in [0.4, 0.5) is 0 Å². The molecule has 0 aromatic rings. The van der Waals surface area contributed by atoms with Gasteiger partial charge in [-0.2, -0.15) is 0 Å². The molecular formula is C51H101NO10. The van der Waals surface area contributed by atoms with Crippen LogP contribution in [-0.2, 0) is 14.3 Å². The Morgan fingerprint density at radius 3 is 1.19 bits per heavy atom. The van der Waals surface area contributed by atoms with Crippen LogP contribution in [0.3, 0.4) is 0 Å². The van der Waals surface area contributed by atoms with Crippen LogP contribution in [0.2, 0.25) is 0 Å². The predicted molar refractivity (Wildman–Crippen MR) is 252 cm³/mol. The number of amides is 1. The van der Waals surface area contributed by atoms with Gasteiger partial charge in [0, 0.05) is 0 Å².